The number of nitrogens with zero attached hydrogens (tertiary/aromatic N) is 2. The summed E-state index contributed by atoms with van der Waals surface area (Å²) < 4.78 is 13.4. The van der Waals surface area contributed by atoms with E-state index in [1.165, 1.54) is 12.8 Å². The molecule has 0 aromatic heterocycles. The third-order valence-electron chi connectivity index (χ3n) is 1.74. The van der Waals surface area contributed by atoms with Gasteiger partial charge in [-0.2, -0.15) is 0 Å². The molecule has 7 heteroatoms. The van der Waals surface area contributed by atoms with Crippen molar-refractivity contribution >= 4 is 24.7 Å². The molecule has 0 spiro atoms. The van der Waals surface area contributed by atoms with Crippen LogP contribution in [0.1, 0.15) is 12.8 Å². The van der Waals surface area contributed by atoms with Crippen LogP contribution >= 0.6 is 0 Å². The van der Waals surface area contributed by atoms with Crippen molar-refractivity contribution in [1.29, 1.82) is 0 Å². The topological polar surface area (TPSA) is 86.6 Å². The van der Waals surface area contributed by atoms with Gasteiger partial charge in [0, 0.05) is 0 Å². The zero-order valence-electron chi connectivity index (χ0n) is 9.33. The smallest absolute Gasteiger partial charge is 0.314 e. The standard InChI is InChI=1S/C4H4O3.2C3H5NO/c5-3-1-2-4(6)7-3;2*1-2-5-3-4-1/h1-2H2;2*3H,1-2H2. The SMILES string of the molecule is C1=NCCO1.C1=NCCO1.O=C1CCC(=O)O1. The molecule has 3 aliphatic heterocycles. The van der Waals surface area contributed by atoms with E-state index in [1.54, 1.807) is 0 Å². The van der Waals surface area contributed by atoms with Crippen LogP contribution in [0.15, 0.2) is 9.98 Å². The van der Waals surface area contributed by atoms with Crippen molar-refractivity contribution in [3.8, 4) is 0 Å². The van der Waals surface area contributed by atoms with Crippen LogP contribution in [-0.2, 0) is 23.8 Å². The Balaban J connectivity index is 0.000000130. The molecule has 0 aliphatic carbocycles. The van der Waals surface area contributed by atoms with E-state index >= 15 is 0 Å². The first-order valence-corrected chi connectivity index (χ1v) is 5.22. The van der Waals surface area contributed by atoms with Crippen molar-refractivity contribution in [2.24, 2.45) is 9.98 Å². The maximum atomic E-state index is 10.0. The normalized spacial score (nSPS) is 19.5. The summed E-state index contributed by atoms with van der Waals surface area (Å²) in [6.45, 7) is 3.25. The lowest BCUT2D eigenvalue weighted by Crippen LogP contribution is -1.94. The fourth-order valence-electron chi connectivity index (χ4n) is 0.960. The maximum Gasteiger partial charge on any atom is 0.314 e. The van der Waals surface area contributed by atoms with Gasteiger partial charge in [-0.25, -0.2) is 0 Å². The van der Waals surface area contributed by atoms with Crippen LogP contribution in [0.2, 0.25) is 0 Å². The molecule has 1 fully saturated rings. The number of ether oxygens (including phenoxy) is 3. The zero-order valence-corrected chi connectivity index (χ0v) is 9.33. The molecule has 0 radical (unpaired) electrons. The van der Waals surface area contributed by atoms with Crippen molar-refractivity contribution < 1.29 is 23.8 Å². The van der Waals surface area contributed by atoms with Gasteiger partial charge in [-0.1, -0.05) is 0 Å². The van der Waals surface area contributed by atoms with Crippen molar-refractivity contribution in [2.45, 2.75) is 12.8 Å². The van der Waals surface area contributed by atoms with Crippen LogP contribution in [0.5, 0.6) is 0 Å². The molecule has 7 nitrogen and oxygen atoms in total. The number of hydrogen-bond acceptors (Lipinski definition) is 7. The van der Waals surface area contributed by atoms with Crippen molar-refractivity contribution in [3.05, 3.63) is 0 Å². The van der Waals surface area contributed by atoms with Gasteiger partial charge < -0.3 is 14.2 Å². The number of rotatable bonds is 0. The second-order valence-corrected chi connectivity index (χ2v) is 3.11. The first-order chi connectivity index (χ1) is 8.29. The van der Waals surface area contributed by atoms with Crippen LogP contribution in [0.25, 0.3) is 0 Å². The highest BCUT2D eigenvalue weighted by Crippen LogP contribution is 2.03. The number of carbonyl (C=O) groups is 2. The van der Waals surface area contributed by atoms with Gasteiger partial charge in [-0.3, -0.25) is 19.6 Å². The summed E-state index contributed by atoms with van der Waals surface area (Å²) in [7, 11) is 0. The van der Waals surface area contributed by atoms with Gasteiger partial charge in [0.2, 0.25) is 0 Å². The first kappa shape index (κ1) is 13.1. The Labute approximate surface area is 98.5 Å². The molecule has 0 atom stereocenters. The average molecular weight is 242 g/mol. The van der Waals surface area contributed by atoms with E-state index in [-0.39, 0.29) is 12.8 Å². The monoisotopic (exact) mass is 242 g/mol. The van der Waals surface area contributed by atoms with Gasteiger partial charge in [-0.15, -0.1) is 0 Å². The molecule has 0 N–H and O–H groups in total. The van der Waals surface area contributed by atoms with Gasteiger partial charge in [0.25, 0.3) is 0 Å². The highest BCUT2D eigenvalue weighted by atomic mass is 16.6. The summed E-state index contributed by atoms with van der Waals surface area (Å²) in [6.07, 6.45) is 3.50. The zero-order chi connectivity index (χ0) is 12.3. The van der Waals surface area contributed by atoms with Crippen LogP contribution in [0.4, 0.5) is 0 Å². The Morgan fingerprint density at radius 1 is 0.882 bits per heavy atom. The summed E-state index contributed by atoms with van der Waals surface area (Å²) >= 11 is 0. The lowest BCUT2D eigenvalue weighted by atomic mass is 10.4. The molecule has 0 unspecified atom stereocenters. The molecule has 0 saturated carbocycles. The highest BCUT2D eigenvalue weighted by molar-refractivity contribution is 5.92. The first-order valence-electron chi connectivity index (χ1n) is 5.22. The largest absolute Gasteiger partial charge is 0.482 e. The molecular formula is C10H14N2O5. The molecule has 0 amide bonds. The summed E-state index contributed by atoms with van der Waals surface area (Å²) in [5, 5.41) is 0. The van der Waals surface area contributed by atoms with E-state index in [0.29, 0.717) is 0 Å². The fraction of sp³-hybridized carbons (Fsp3) is 0.600. The van der Waals surface area contributed by atoms with Crippen LogP contribution in [0, 0.1) is 0 Å². The van der Waals surface area contributed by atoms with Crippen molar-refractivity contribution in [1.82, 2.24) is 0 Å². The van der Waals surface area contributed by atoms with Gasteiger partial charge in [0.15, 0.2) is 12.8 Å². The second kappa shape index (κ2) is 8.26. The summed E-state index contributed by atoms with van der Waals surface area (Å²) in [6, 6.07) is 0. The molecule has 1 saturated heterocycles. The third-order valence-corrected chi connectivity index (χ3v) is 1.74. The predicted molar refractivity (Wildman–Crippen MR) is 59.0 cm³/mol. The Morgan fingerprint density at radius 2 is 1.35 bits per heavy atom. The van der Waals surface area contributed by atoms with E-state index in [1.807, 2.05) is 0 Å². The Hall–Kier alpha value is -1.92. The average Bonchev–Trinajstić information content (AvgIpc) is 3.03. The molecule has 17 heavy (non-hydrogen) atoms. The predicted octanol–water partition coefficient (Wildman–Crippen LogP) is -0.0602. The van der Waals surface area contributed by atoms with Crippen molar-refractivity contribution in [3.63, 3.8) is 0 Å². The number of carbonyl (C=O) groups excluding carboxylic acids is 2. The number of esters is 2. The Morgan fingerprint density at radius 3 is 1.47 bits per heavy atom. The molecule has 3 rings (SSSR count). The maximum absolute atomic E-state index is 10.0. The molecular weight excluding hydrogens is 228 g/mol. The minimum absolute atomic E-state index is 0.263. The molecule has 3 aliphatic rings. The van der Waals surface area contributed by atoms with Crippen LogP contribution in [-0.4, -0.2) is 51.0 Å². The van der Waals surface area contributed by atoms with Crippen LogP contribution < -0.4 is 0 Å². The van der Waals surface area contributed by atoms with E-state index in [9.17, 15) is 9.59 Å². The highest BCUT2D eigenvalue weighted by Gasteiger charge is 2.19. The Bertz CT molecular complexity index is 272. The lowest BCUT2D eigenvalue weighted by Gasteiger charge is -1.79. The molecule has 3 heterocycles. The quantitative estimate of drug-likeness (QED) is 0.438. The lowest BCUT2D eigenvalue weighted by molar-refractivity contribution is -0.151. The summed E-state index contributed by atoms with van der Waals surface area (Å²) in [5.74, 6) is -0.796. The van der Waals surface area contributed by atoms with Gasteiger partial charge in [0.05, 0.1) is 25.9 Å². The molecule has 0 aromatic rings. The molecule has 0 aromatic carbocycles. The van der Waals surface area contributed by atoms with E-state index in [0.717, 1.165) is 26.3 Å². The molecule has 94 valence electrons. The number of aliphatic imine (C=N–C) groups is 2. The van der Waals surface area contributed by atoms with Gasteiger partial charge in [0.1, 0.15) is 13.2 Å². The second-order valence-electron chi connectivity index (χ2n) is 3.11. The summed E-state index contributed by atoms with van der Waals surface area (Å²) in [5.41, 5.74) is 0. The van der Waals surface area contributed by atoms with Crippen LogP contribution in [0.3, 0.4) is 0 Å². The number of cyclic esters (lactones) is 2. The number of hydrogen-bond donors (Lipinski definition) is 0. The minimum Gasteiger partial charge on any atom is -0.482 e. The van der Waals surface area contributed by atoms with E-state index in [2.05, 4.69) is 24.2 Å². The third kappa shape index (κ3) is 7.04. The van der Waals surface area contributed by atoms with Gasteiger partial charge in [-0.05, 0) is 0 Å². The minimum atomic E-state index is -0.398. The van der Waals surface area contributed by atoms with Gasteiger partial charge >= 0.3 is 11.9 Å². The fourth-order valence-corrected chi connectivity index (χ4v) is 0.960. The van der Waals surface area contributed by atoms with E-state index < -0.39 is 11.9 Å². The van der Waals surface area contributed by atoms with E-state index in [4.69, 9.17) is 0 Å². The summed E-state index contributed by atoms with van der Waals surface area (Å²) in [4.78, 5) is 27.5. The Kier molecular flexibility index (Phi) is 6.39. The molecule has 0 bridgehead atoms. The van der Waals surface area contributed by atoms with Crippen molar-refractivity contribution in [2.75, 3.05) is 26.3 Å².